The number of unbranched alkanes of at least 4 members (excludes halogenated alkanes) is 1. The number of allylic oxidation sites excluding steroid dienone is 1. The molecule has 0 radical (unpaired) electrons. The van der Waals surface area contributed by atoms with Crippen LogP contribution in [0.4, 0.5) is 10.1 Å². The molecule has 4 heteroatoms. The molecule has 0 aliphatic heterocycles. The molecular formula is C19H28FN3. The van der Waals surface area contributed by atoms with Crippen LogP contribution in [0.5, 0.6) is 0 Å². The molecule has 3 nitrogen and oxygen atoms in total. The first-order valence-corrected chi connectivity index (χ1v) is 8.15. The molecule has 1 rings (SSSR count). The fourth-order valence-corrected chi connectivity index (χ4v) is 2.27. The molecule has 0 atom stereocenters. The molecule has 0 spiro atoms. The molecule has 23 heavy (non-hydrogen) atoms. The van der Waals surface area contributed by atoms with Crippen molar-refractivity contribution in [1.82, 2.24) is 0 Å². The van der Waals surface area contributed by atoms with E-state index in [1.165, 1.54) is 0 Å². The second kappa shape index (κ2) is 9.23. The van der Waals surface area contributed by atoms with Crippen LogP contribution in [0.25, 0.3) is 0 Å². The average Bonchev–Trinajstić information content (AvgIpc) is 2.48. The molecule has 0 aliphatic rings. The molecular weight excluding hydrogens is 289 g/mol. The van der Waals surface area contributed by atoms with Gasteiger partial charge < -0.3 is 5.32 Å². The van der Waals surface area contributed by atoms with E-state index in [2.05, 4.69) is 28.9 Å². The van der Waals surface area contributed by atoms with Crippen molar-refractivity contribution in [2.24, 2.45) is 9.98 Å². The first kappa shape index (κ1) is 19.1. The van der Waals surface area contributed by atoms with E-state index in [0.29, 0.717) is 5.56 Å². The van der Waals surface area contributed by atoms with Crippen LogP contribution in [0.1, 0.15) is 51.7 Å². The molecule has 0 heterocycles. The normalized spacial score (nSPS) is 12.7. The van der Waals surface area contributed by atoms with E-state index < -0.39 is 0 Å². The van der Waals surface area contributed by atoms with E-state index in [4.69, 9.17) is 0 Å². The number of hydrogen-bond acceptors (Lipinski definition) is 3. The van der Waals surface area contributed by atoms with E-state index in [1.807, 2.05) is 26.8 Å². The zero-order valence-electron chi connectivity index (χ0n) is 14.9. The summed E-state index contributed by atoms with van der Waals surface area (Å²) in [4.78, 5) is 8.48. The van der Waals surface area contributed by atoms with Gasteiger partial charge in [0.1, 0.15) is 5.82 Å². The Morgan fingerprint density at radius 2 is 2.09 bits per heavy atom. The van der Waals surface area contributed by atoms with E-state index in [9.17, 15) is 4.39 Å². The Bertz CT molecular complexity index is 601. The summed E-state index contributed by atoms with van der Waals surface area (Å²) in [7, 11) is 0. The van der Waals surface area contributed by atoms with Gasteiger partial charge in [-0.25, -0.2) is 4.39 Å². The third kappa shape index (κ3) is 5.62. The SMILES string of the molecule is C=N/C=C(C)\C(=N/CCCC)c1cc(F)c(C)c(NC(C)C)c1. The van der Waals surface area contributed by atoms with E-state index >= 15 is 0 Å². The van der Waals surface area contributed by atoms with Gasteiger partial charge in [0.05, 0.1) is 5.71 Å². The number of halogens is 1. The predicted octanol–water partition coefficient (Wildman–Crippen LogP) is 5.15. The highest BCUT2D eigenvalue weighted by Gasteiger charge is 2.13. The Morgan fingerprint density at radius 3 is 2.65 bits per heavy atom. The quantitative estimate of drug-likeness (QED) is 0.522. The van der Waals surface area contributed by atoms with Crippen molar-refractivity contribution in [3.05, 3.63) is 40.8 Å². The van der Waals surface area contributed by atoms with E-state index in [0.717, 1.165) is 41.9 Å². The van der Waals surface area contributed by atoms with Crippen LogP contribution in [0.2, 0.25) is 0 Å². The average molecular weight is 317 g/mol. The lowest BCUT2D eigenvalue weighted by molar-refractivity contribution is 0.618. The van der Waals surface area contributed by atoms with Crippen LogP contribution in [0.3, 0.4) is 0 Å². The summed E-state index contributed by atoms with van der Waals surface area (Å²) in [6.07, 6.45) is 3.74. The molecule has 0 saturated heterocycles. The number of aliphatic imine (C=N–C) groups is 2. The maximum Gasteiger partial charge on any atom is 0.128 e. The molecule has 1 aromatic rings. The Balaban J connectivity index is 3.35. The summed E-state index contributed by atoms with van der Waals surface area (Å²) in [6, 6.07) is 3.74. The molecule has 0 aromatic heterocycles. The fraction of sp³-hybridized carbons (Fsp3) is 0.474. The standard InChI is InChI=1S/C19H28FN3/c1-7-8-9-22-19(14(4)12-21-6)16-10-17(20)15(5)18(11-16)23-13(2)3/h10-13,23H,6-9H2,1-5H3/b14-12-,22-19+. The molecule has 0 bridgehead atoms. The summed E-state index contributed by atoms with van der Waals surface area (Å²) in [5.74, 6) is -0.229. The smallest absolute Gasteiger partial charge is 0.128 e. The zero-order valence-corrected chi connectivity index (χ0v) is 14.9. The number of nitrogens with zero attached hydrogens (tertiary/aromatic N) is 2. The highest BCUT2D eigenvalue weighted by Crippen LogP contribution is 2.24. The maximum absolute atomic E-state index is 14.3. The Morgan fingerprint density at radius 1 is 1.39 bits per heavy atom. The van der Waals surface area contributed by atoms with Gasteiger partial charge in [0.2, 0.25) is 0 Å². The van der Waals surface area contributed by atoms with Crippen LogP contribution in [-0.4, -0.2) is 25.0 Å². The molecule has 0 saturated carbocycles. The van der Waals surface area contributed by atoms with Gasteiger partial charge in [-0.3, -0.25) is 9.98 Å². The van der Waals surface area contributed by atoms with Crippen molar-refractivity contribution in [2.75, 3.05) is 11.9 Å². The van der Waals surface area contributed by atoms with Crippen molar-refractivity contribution in [1.29, 1.82) is 0 Å². The summed E-state index contributed by atoms with van der Waals surface area (Å²) in [6.45, 7) is 14.1. The predicted molar refractivity (Wildman–Crippen MR) is 99.5 cm³/mol. The summed E-state index contributed by atoms with van der Waals surface area (Å²) in [5, 5.41) is 3.30. The largest absolute Gasteiger partial charge is 0.383 e. The van der Waals surface area contributed by atoms with E-state index in [-0.39, 0.29) is 11.9 Å². The van der Waals surface area contributed by atoms with Crippen LogP contribution < -0.4 is 5.32 Å². The van der Waals surface area contributed by atoms with Crippen LogP contribution in [0.15, 0.2) is 33.9 Å². The molecule has 0 aliphatic carbocycles. The topological polar surface area (TPSA) is 36.8 Å². The lowest BCUT2D eigenvalue weighted by Crippen LogP contribution is -2.13. The van der Waals surface area contributed by atoms with Gasteiger partial charge in [-0.1, -0.05) is 13.3 Å². The molecule has 1 N–H and O–H groups in total. The van der Waals surface area contributed by atoms with Gasteiger partial charge in [-0.2, -0.15) is 0 Å². The minimum atomic E-state index is -0.229. The van der Waals surface area contributed by atoms with Gasteiger partial charge >= 0.3 is 0 Å². The summed E-state index contributed by atoms with van der Waals surface area (Å²) in [5.41, 5.74) is 3.85. The maximum atomic E-state index is 14.3. The molecule has 0 amide bonds. The van der Waals surface area contributed by atoms with Crippen molar-refractivity contribution >= 4 is 18.1 Å². The lowest BCUT2D eigenvalue weighted by atomic mass is 10.0. The number of rotatable bonds is 8. The minimum absolute atomic E-state index is 0.229. The number of hydrogen-bond donors (Lipinski definition) is 1. The number of nitrogens with one attached hydrogen (secondary N) is 1. The zero-order chi connectivity index (χ0) is 17.4. The summed E-state index contributed by atoms with van der Waals surface area (Å²) >= 11 is 0. The Kier molecular flexibility index (Phi) is 7.66. The van der Waals surface area contributed by atoms with Gasteiger partial charge in [0.25, 0.3) is 0 Å². The number of benzene rings is 1. The second-order valence-corrected chi connectivity index (χ2v) is 6.01. The van der Waals surface area contributed by atoms with Crippen molar-refractivity contribution in [3.63, 3.8) is 0 Å². The molecule has 0 unspecified atom stereocenters. The molecule has 126 valence electrons. The highest BCUT2D eigenvalue weighted by molar-refractivity contribution is 6.12. The third-order valence-corrected chi connectivity index (χ3v) is 3.50. The van der Waals surface area contributed by atoms with Crippen LogP contribution in [0, 0.1) is 12.7 Å². The van der Waals surface area contributed by atoms with Crippen molar-refractivity contribution < 1.29 is 4.39 Å². The van der Waals surface area contributed by atoms with Crippen LogP contribution in [-0.2, 0) is 0 Å². The number of anilines is 1. The Labute approximate surface area is 139 Å². The van der Waals surface area contributed by atoms with Gasteiger partial charge in [-0.05, 0) is 58.5 Å². The van der Waals surface area contributed by atoms with E-state index in [1.54, 1.807) is 19.2 Å². The summed E-state index contributed by atoms with van der Waals surface area (Å²) < 4.78 is 14.3. The third-order valence-electron chi connectivity index (χ3n) is 3.50. The minimum Gasteiger partial charge on any atom is -0.383 e. The second-order valence-electron chi connectivity index (χ2n) is 6.01. The Hall–Kier alpha value is -1.97. The van der Waals surface area contributed by atoms with Gasteiger partial charge in [0, 0.05) is 35.6 Å². The monoisotopic (exact) mass is 317 g/mol. The first-order valence-electron chi connectivity index (χ1n) is 8.15. The highest BCUT2D eigenvalue weighted by atomic mass is 19.1. The molecule has 1 aromatic carbocycles. The van der Waals surface area contributed by atoms with Gasteiger partial charge in [-0.15, -0.1) is 0 Å². The van der Waals surface area contributed by atoms with Crippen molar-refractivity contribution in [3.8, 4) is 0 Å². The van der Waals surface area contributed by atoms with Crippen molar-refractivity contribution in [2.45, 2.75) is 53.5 Å². The van der Waals surface area contributed by atoms with Crippen LogP contribution >= 0.6 is 0 Å². The fourth-order valence-electron chi connectivity index (χ4n) is 2.27. The molecule has 0 fully saturated rings. The van der Waals surface area contributed by atoms with Gasteiger partial charge in [0.15, 0.2) is 0 Å². The first-order chi connectivity index (χ1) is 10.9. The lowest BCUT2D eigenvalue weighted by Gasteiger charge is -2.16.